The summed E-state index contributed by atoms with van der Waals surface area (Å²) >= 11 is 0. The summed E-state index contributed by atoms with van der Waals surface area (Å²) in [4.78, 5) is 0. The van der Waals surface area contributed by atoms with Gasteiger partial charge in [0, 0.05) is 30.3 Å². The highest BCUT2D eigenvalue weighted by atomic mass is 15.3. The quantitative estimate of drug-likeness (QED) is 0.733. The minimum Gasteiger partial charge on any atom is -0.324 e. The van der Waals surface area contributed by atoms with E-state index >= 15 is 0 Å². The lowest BCUT2D eigenvalue weighted by atomic mass is 9.90. The number of rotatable bonds is 1. The number of nitrogens with zero attached hydrogens (tertiary/aromatic N) is 2. The standard InChI is InChI=1S/C11H17N3/c1-14-11(7-5-6-7)10-8(12)3-2-4-9(10)13-14/h7-8H,2-6,12H2,1H3. The van der Waals surface area contributed by atoms with Crippen LogP contribution in [0.5, 0.6) is 0 Å². The summed E-state index contributed by atoms with van der Waals surface area (Å²) in [7, 11) is 2.07. The Hall–Kier alpha value is -0.830. The van der Waals surface area contributed by atoms with Gasteiger partial charge in [0.05, 0.1) is 5.69 Å². The van der Waals surface area contributed by atoms with Gasteiger partial charge < -0.3 is 5.73 Å². The molecule has 2 aliphatic rings. The van der Waals surface area contributed by atoms with Gasteiger partial charge in [-0.3, -0.25) is 4.68 Å². The molecule has 1 fully saturated rings. The van der Waals surface area contributed by atoms with Crippen molar-refractivity contribution in [3.05, 3.63) is 17.0 Å². The molecule has 3 nitrogen and oxygen atoms in total. The first-order valence-electron chi connectivity index (χ1n) is 5.58. The molecule has 14 heavy (non-hydrogen) atoms. The fourth-order valence-electron chi connectivity index (χ4n) is 2.67. The summed E-state index contributed by atoms with van der Waals surface area (Å²) in [5, 5.41) is 4.60. The normalized spacial score (nSPS) is 26.3. The highest BCUT2D eigenvalue weighted by molar-refractivity contribution is 5.36. The van der Waals surface area contributed by atoms with E-state index in [1.165, 1.54) is 36.2 Å². The molecule has 1 aromatic rings. The average molecular weight is 191 g/mol. The van der Waals surface area contributed by atoms with E-state index in [9.17, 15) is 0 Å². The Balaban J connectivity index is 2.13. The Bertz CT molecular complexity index is 363. The van der Waals surface area contributed by atoms with Gasteiger partial charge in [-0.25, -0.2) is 0 Å². The Morgan fingerprint density at radius 3 is 2.86 bits per heavy atom. The van der Waals surface area contributed by atoms with Crippen LogP contribution < -0.4 is 5.73 Å². The van der Waals surface area contributed by atoms with E-state index in [2.05, 4.69) is 16.8 Å². The van der Waals surface area contributed by atoms with Crippen molar-refractivity contribution in [3.63, 3.8) is 0 Å². The Morgan fingerprint density at radius 1 is 1.36 bits per heavy atom. The van der Waals surface area contributed by atoms with Gasteiger partial charge in [0.2, 0.25) is 0 Å². The van der Waals surface area contributed by atoms with Crippen molar-refractivity contribution in [1.82, 2.24) is 9.78 Å². The second-order valence-electron chi connectivity index (χ2n) is 4.64. The molecule has 2 aliphatic carbocycles. The van der Waals surface area contributed by atoms with E-state index in [0.29, 0.717) is 0 Å². The predicted octanol–water partition coefficient (Wildman–Crippen LogP) is 1.63. The number of hydrogen-bond acceptors (Lipinski definition) is 2. The summed E-state index contributed by atoms with van der Waals surface area (Å²) in [5.74, 6) is 0.764. The van der Waals surface area contributed by atoms with Crippen molar-refractivity contribution in [3.8, 4) is 0 Å². The van der Waals surface area contributed by atoms with Crippen molar-refractivity contribution in [2.75, 3.05) is 0 Å². The molecule has 0 bridgehead atoms. The van der Waals surface area contributed by atoms with Crippen LogP contribution in [-0.4, -0.2) is 9.78 Å². The molecule has 1 atom stereocenters. The maximum Gasteiger partial charge on any atom is 0.0675 e. The maximum absolute atomic E-state index is 6.17. The van der Waals surface area contributed by atoms with Crippen molar-refractivity contribution in [1.29, 1.82) is 0 Å². The van der Waals surface area contributed by atoms with Crippen LogP contribution in [0.3, 0.4) is 0 Å². The molecule has 1 saturated carbocycles. The van der Waals surface area contributed by atoms with E-state index in [-0.39, 0.29) is 6.04 Å². The fourth-order valence-corrected chi connectivity index (χ4v) is 2.67. The zero-order valence-electron chi connectivity index (χ0n) is 8.66. The number of aryl methyl sites for hydroxylation is 2. The van der Waals surface area contributed by atoms with Gasteiger partial charge in [-0.05, 0) is 32.1 Å². The minimum absolute atomic E-state index is 0.253. The first kappa shape index (κ1) is 8.48. The van der Waals surface area contributed by atoms with Crippen LogP contribution in [0.1, 0.15) is 54.6 Å². The van der Waals surface area contributed by atoms with Gasteiger partial charge in [-0.15, -0.1) is 0 Å². The molecule has 0 aromatic carbocycles. The topological polar surface area (TPSA) is 43.8 Å². The molecule has 0 saturated heterocycles. The van der Waals surface area contributed by atoms with Gasteiger partial charge in [0.1, 0.15) is 0 Å². The van der Waals surface area contributed by atoms with E-state index < -0.39 is 0 Å². The largest absolute Gasteiger partial charge is 0.324 e. The lowest BCUT2D eigenvalue weighted by molar-refractivity contribution is 0.562. The van der Waals surface area contributed by atoms with Crippen LogP contribution in [0.25, 0.3) is 0 Å². The molecule has 1 unspecified atom stereocenters. The summed E-state index contributed by atoms with van der Waals surface area (Å²) in [6.45, 7) is 0. The van der Waals surface area contributed by atoms with Crippen LogP contribution in [0, 0.1) is 0 Å². The Morgan fingerprint density at radius 2 is 2.14 bits per heavy atom. The zero-order valence-corrected chi connectivity index (χ0v) is 8.66. The fraction of sp³-hybridized carbons (Fsp3) is 0.727. The molecular weight excluding hydrogens is 174 g/mol. The van der Waals surface area contributed by atoms with Crippen LogP contribution in [-0.2, 0) is 13.5 Å². The third-order valence-corrected chi connectivity index (χ3v) is 3.47. The summed E-state index contributed by atoms with van der Waals surface area (Å²) in [6, 6.07) is 0.253. The number of nitrogens with two attached hydrogens (primary N) is 1. The minimum atomic E-state index is 0.253. The summed E-state index contributed by atoms with van der Waals surface area (Å²) in [5.41, 5.74) is 10.3. The molecule has 0 radical (unpaired) electrons. The first-order valence-corrected chi connectivity index (χ1v) is 5.58. The van der Waals surface area contributed by atoms with Crippen molar-refractivity contribution < 1.29 is 0 Å². The van der Waals surface area contributed by atoms with Crippen LogP contribution in [0.2, 0.25) is 0 Å². The van der Waals surface area contributed by atoms with Crippen LogP contribution in [0.15, 0.2) is 0 Å². The number of hydrogen-bond donors (Lipinski definition) is 1. The Labute approximate surface area is 84.3 Å². The predicted molar refractivity (Wildman–Crippen MR) is 55.0 cm³/mol. The third-order valence-electron chi connectivity index (χ3n) is 3.47. The van der Waals surface area contributed by atoms with Crippen molar-refractivity contribution >= 4 is 0 Å². The van der Waals surface area contributed by atoms with E-state index in [1.54, 1.807) is 0 Å². The summed E-state index contributed by atoms with van der Waals surface area (Å²) in [6.07, 6.45) is 6.13. The molecule has 1 heterocycles. The Kier molecular flexibility index (Phi) is 1.71. The molecule has 1 aromatic heterocycles. The lowest BCUT2D eigenvalue weighted by Gasteiger charge is -2.18. The second kappa shape index (κ2) is 2.83. The van der Waals surface area contributed by atoms with Gasteiger partial charge in [0.15, 0.2) is 0 Å². The van der Waals surface area contributed by atoms with E-state index in [0.717, 1.165) is 18.8 Å². The van der Waals surface area contributed by atoms with Gasteiger partial charge in [-0.2, -0.15) is 5.10 Å². The zero-order chi connectivity index (χ0) is 9.71. The molecule has 3 rings (SSSR count). The van der Waals surface area contributed by atoms with Gasteiger partial charge >= 0.3 is 0 Å². The van der Waals surface area contributed by atoms with Crippen molar-refractivity contribution in [2.45, 2.75) is 44.1 Å². The molecule has 0 spiro atoms. The average Bonchev–Trinajstić information content (AvgIpc) is 2.90. The number of fused-ring (bicyclic) bond motifs is 1. The van der Waals surface area contributed by atoms with Crippen LogP contribution in [0.4, 0.5) is 0 Å². The third kappa shape index (κ3) is 1.12. The molecule has 3 heteroatoms. The number of aromatic nitrogens is 2. The van der Waals surface area contributed by atoms with Gasteiger partial charge in [-0.1, -0.05) is 0 Å². The van der Waals surface area contributed by atoms with Crippen molar-refractivity contribution in [2.24, 2.45) is 12.8 Å². The molecule has 0 aliphatic heterocycles. The van der Waals surface area contributed by atoms with E-state index in [4.69, 9.17) is 5.73 Å². The molecular formula is C11H17N3. The molecule has 2 N–H and O–H groups in total. The SMILES string of the molecule is Cn1nc2c(c1C1CC1)C(N)CCC2. The van der Waals surface area contributed by atoms with Gasteiger partial charge in [0.25, 0.3) is 0 Å². The molecule has 0 amide bonds. The summed E-state index contributed by atoms with van der Waals surface area (Å²) < 4.78 is 2.08. The second-order valence-corrected chi connectivity index (χ2v) is 4.64. The highest BCUT2D eigenvalue weighted by Crippen LogP contribution is 2.45. The maximum atomic E-state index is 6.17. The first-order chi connectivity index (χ1) is 6.77. The molecule has 76 valence electrons. The lowest BCUT2D eigenvalue weighted by Crippen LogP contribution is -2.17. The highest BCUT2D eigenvalue weighted by Gasteiger charge is 2.34. The smallest absolute Gasteiger partial charge is 0.0675 e. The van der Waals surface area contributed by atoms with Crippen LogP contribution >= 0.6 is 0 Å². The monoisotopic (exact) mass is 191 g/mol. The van der Waals surface area contributed by atoms with E-state index in [1.807, 2.05) is 0 Å².